The molecule has 0 N–H and O–H groups in total. The first-order chi connectivity index (χ1) is 42.8. The van der Waals surface area contributed by atoms with E-state index in [1.165, 1.54) is 0 Å². The molecule has 6 bridgehead atoms. The van der Waals surface area contributed by atoms with Crippen molar-refractivity contribution < 1.29 is 57.9 Å². The van der Waals surface area contributed by atoms with E-state index in [1.54, 1.807) is 0 Å². The number of halogens is 2. The Hall–Kier alpha value is -5.13. The van der Waals surface area contributed by atoms with Crippen LogP contribution in [0.4, 0.5) is 0 Å². The van der Waals surface area contributed by atoms with Crippen molar-refractivity contribution in [3.8, 4) is 0 Å². The van der Waals surface area contributed by atoms with Gasteiger partial charge in [-0.05, 0) is 65.1 Å². The summed E-state index contributed by atoms with van der Waals surface area (Å²) in [4.78, 5) is 0. The molecule has 0 aliphatic carbocycles. The van der Waals surface area contributed by atoms with Crippen LogP contribution in [-0.2, 0) is 57.9 Å². The lowest BCUT2D eigenvalue weighted by Crippen LogP contribution is -2.85. The van der Waals surface area contributed by atoms with Gasteiger partial charge in [-0.25, -0.2) is 0 Å². The molecular formula is C61H60Cl2O14Si11. The lowest BCUT2D eigenvalue weighted by Gasteiger charge is -2.53. The van der Waals surface area contributed by atoms with Crippen molar-refractivity contribution in [2.75, 3.05) is 6.23 Å². The Labute approximate surface area is 537 Å². The van der Waals surface area contributed by atoms with Crippen LogP contribution in [0.15, 0.2) is 272 Å². The average molecular weight is 1400 g/mol. The van der Waals surface area contributed by atoms with E-state index in [0.29, 0.717) is 41.2 Å². The molecule has 27 heteroatoms. The van der Waals surface area contributed by atoms with Gasteiger partial charge in [-0.2, -0.15) is 0 Å². The number of rotatable bonds is 12. The smallest absolute Gasteiger partial charge is 0.422 e. The van der Waals surface area contributed by atoms with Crippen LogP contribution < -0.4 is 36.3 Å². The van der Waals surface area contributed by atoms with Crippen LogP contribution in [0.25, 0.3) is 12.2 Å². The molecule has 4 aliphatic heterocycles. The molecule has 10 atom stereocenters. The summed E-state index contributed by atoms with van der Waals surface area (Å²) in [5, 5.41) is 5.21. The van der Waals surface area contributed by atoms with Crippen LogP contribution in [0.3, 0.4) is 0 Å². The Balaban J connectivity index is 1.23. The third kappa shape index (κ3) is 12.9. The van der Waals surface area contributed by atoms with Gasteiger partial charge in [0.2, 0.25) is 0 Å². The second kappa shape index (κ2) is 25.9. The van der Waals surface area contributed by atoms with Gasteiger partial charge in [-0.3, -0.25) is 0 Å². The highest BCUT2D eigenvalue weighted by atomic mass is 35.5. The first kappa shape index (κ1) is 61.7. The fourth-order valence-electron chi connectivity index (χ4n) is 10.7. The molecule has 0 spiro atoms. The Kier molecular flexibility index (Phi) is 18.1. The van der Waals surface area contributed by atoms with Crippen LogP contribution in [0.2, 0.25) is 23.1 Å². The average Bonchev–Trinajstić information content (AvgIpc) is 0.992. The molecule has 4 fully saturated rings. The van der Waals surface area contributed by atoms with Gasteiger partial charge in [0.15, 0.2) is 0 Å². The number of benzene rings is 9. The van der Waals surface area contributed by atoms with Crippen LogP contribution in [0.1, 0.15) is 11.1 Å². The van der Waals surface area contributed by atoms with Crippen molar-refractivity contribution in [3.05, 3.63) is 293 Å². The van der Waals surface area contributed by atoms with E-state index in [4.69, 9.17) is 81.1 Å². The molecule has 0 aromatic heterocycles. The minimum Gasteiger partial charge on any atom is -0.422 e. The van der Waals surface area contributed by atoms with Crippen LogP contribution in [-0.4, -0.2) is 105 Å². The van der Waals surface area contributed by atoms with E-state index in [-0.39, 0.29) is 16.7 Å². The maximum atomic E-state index is 8.58. The van der Waals surface area contributed by atoms with E-state index in [2.05, 4.69) is 0 Å². The predicted molar refractivity (Wildman–Crippen MR) is 366 cm³/mol. The number of fused-ring (bicyclic) bond motifs is 6. The van der Waals surface area contributed by atoms with E-state index < -0.39 is 88.5 Å². The zero-order chi connectivity index (χ0) is 60.3. The minimum atomic E-state index is -5.20. The molecule has 0 amide bonds. The molecule has 4 saturated heterocycles. The molecular weight excluding hydrogens is 1340 g/mol. The van der Waals surface area contributed by atoms with Crippen molar-refractivity contribution >= 4 is 171 Å². The molecule has 9 unspecified atom stereocenters. The highest BCUT2D eigenvalue weighted by Gasteiger charge is 2.75. The summed E-state index contributed by atoms with van der Waals surface area (Å²) in [5.74, 6) is 0. The molecule has 13 rings (SSSR count). The summed E-state index contributed by atoms with van der Waals surface area (Å²) >= 11 is 13.0. The Bertz CT molecular complexity index is 3890. The van der Waals surface area contributed by atoms with Crippen molar-refractivity contribution in [3.63, 3.8) is 0 Å². The van der Waals surface area contributed by atoms with E-state index in [1.807, 2.05) is 297 Å². The van der Waals surface area contributed by atoms with Crippen molar-refractivity contribution in [2.45, 2.75) is 13.1 Å². The van der Waals surface area contributed by atoms with Gasteiger partial charge in [-0.15, -0.1) is 0 Å². The summed E-state index contributed by atoms with van der Waals surface area (Å²) in [7, 11) is -45.1. The maximum Gasteiger partial charge on any atom is 0.521 e. The zero-order valence-corrected chi connectivity index (χ0v) is 61.8. The van der Waals surface area contributed by atoms with Gasteiger partial charge < -0.3 is 57.9 Å². The molecule has 4 aliphatic rings. The lowest BCUT2D eigenvalue weighted by molar-refractivity contribution is 0.0914. The molecule has 446 valence electrons. The molecule has 0 radical (unpaired) electrons. The summed E-state index contributed by atoms with van der Waals surface area (Å²) in [6.45, 7) is 3.93. The highest BCUT2D eigenvalue weighted by Crippen LogP contribution is 2.41. The predicted octanol–water partition coefficient (Wildman–Crippen LogP) is 6.47. The monoisotopic (exact) mass is 1390 g/mol. The minimum absolute atomic E-state index is 0.0928. The topological polar surface area (TPSA) is 129 Å². The molecule has 88 heavy (non-hydrogen) atoms. The molecule has 14 nitrogen and oxygen atoms in total. The zero-order valence-electron chi connectivity index (χ0n) is 48.0. The van der Waals surface area contributed by atoms with Gasteiger partial charge in [0.05, 0.1) is 6.23 Å². The Morgan fingerprint density at radius 3 is 1.17 bits per heavy atom. The van der Waals surface area contributed by atoms with Crippen molar-refractivity contribution in [2.24, 2.45) is 0 Å². The molecule has 9 aromatic carbocycles. The van der Waals surface area contributed by atoms with Crippen LogP contribution in [0, 0.1) is 0 Å². The van der Waals surface area contributed by atoms with Gasteiger partial charge >= 0.3 is 88.5 Å². The van der Waals surface area contributed by atoms with Gasteiger partial charge in [-0.1, -0.05) is 272 Å². The second-order valence-electron chi connectivity index (χ2n) is 21.3. The largest absolute Gasteiger partial charge is 0.521 e. The quantitative estimate of drug-likeness (QED) is 0.124. The van der Waals surface area contributed by atoms with E-state index in [9.17, 15) is 0 Å². The summed E-state index contributed by atoms with van der Waals surface area (Å²) in [5.41, 5.74) is 5.61. The van der Waals surface area contributed by atoms with Crippen LogP contribution in [0.5, 0.6) is 0 Å². The van der Waals surface area contributed by atoms with E-state index >= 15 is 0 Å². The third-order valence-corrected chi connectivity index (χ3v) is 55.9. The molecule has 0 saturated carbocycles. The van der Waals surface area contributed by atoms with Crippen molar-refractivity contribution in [1.82, 2.24) is 0 Å². The second-order valence-corrected chi connectivity index (χ2v) is 51.8. The fraction of sp³-hybridized carbons (Fsp3) is 0.0492. The first-order valence-corrected chi connectivity index (χ1v) is 48.5. The molecule has 4 heterocycles. The number of hydrogen-bond acceptors (Lipinski definition) is 14. The number of hydrogen-bond donors (Lipinski definition) is 0. The SMILES string of the molecule is C[Si]1(/C=C/c2ccc(Cl)cc2)O[SiH]2CO[Si]3(c4ccccc4)O[SiH](c4ccccc4)O[Si]4(c5ccccc5)O[Si](C)(/C=C/c5ccc(Cl)cc5)O[Si](c5ccccc5)(O3)O[Si@](c3ccccc3)(O2)O[Si](c2ccccc2)(O[Si](O[SiH3])(c2ccccc2)O1)O4. The molecule has 9 aromatic rings. The highest BCUT2D eigenvalue weighted by molar-refractivity contribution is 7.07. The summed E-state index contributed by atoms with van der Waals surface area (Å²) in [6, 6.07) is 83.2. The Morgan fingerprint density at radius 2 is 0.716 bits per heavy atom. The summed E-state index contributed by atoms with van der Waals surface area (Å²) in [6.07, 6.45) is 3.74. The van der Waals surface area contributed by atoms with Gasteiger partial charge in [0.25, 0.3) is 0 Å². The fourth-order valence-corrected chi connectivity index (χ4v) is 61.5. The van der Waals surface area contributed by atoms with Gasteiger partial charge in [0, 0.05) is 41.2 Å². The van der Waals surface area contributed by atoms with Crippen molar-refractivity contribution in [1.29, 1.82) is 0 Å². The van der Waals surface area contributed by atoms with E-state index in [0.717, 1.165) is 16.3 Å². The maximum absolute atomic E-state index is 8.58. The summed E-state index contributed by atoms with van der Waals surface area (Å²) < 4.78 is 114. The third-order valence-electron chi connectivity index (χ3n) is 14.9. The normalized spacial score (nSPS) is 31.0. The first-order valence-electron chi connectivity index (χ1n) is 28.5. The lowest BCUT2D eigenvalue weighted by atomic mass is 10.2. The van der Waals surface area contributed by atoms with Gasteiger partial charge in [0.1, 0.15) is 10.5 Å². The Morgan fingerprint density at radius 1 is 0.364 bits per heavy atom. The van der Waals surface area contributed by atoms with Crippen LogP contribution >= 0.6 is 23.2 Å². The standard InChI is InChI=1S/C61H60Cl2O14Si11/c1-81(48-46-51-38-42-53(62)43-39-51)66-79-50-64-83(56-26-12-4-13-27-56)68-80(55-24-10-3-11-25-55)69-86(59-32-18-7-19-33-59)71-82(2,49-47-52-40-44-54(63)45-41-52)72-87(73-83,60-34-20-8-21-35-60)75-85(67-79,58-30-16-6-17-31-58)76-88(77-86,61-36-22-9-23-37-61)74-84(65-78,70-81)57-28-14-5-15-29-57/h3-49,79-80H,50H2,1-2,78H3/b48-46+,49-47+/t79?,80?,81?,82?,83?,84?,85-,86?,87?,88?/m0/s1.